The molecule has 0 aliphatic heterocycles. The second kappa shape index (κ2) is 7.08. The van der Waals surface area contributed by atoms with E-state index in [-0.39, 0.29) is 23.6 Å². The maximum atomic E-state index is 11.5. The minimum Gasteiger partial charge on any atom is -0.478 e. The van der Waals surface area contributed by atoms with Gasteiger partial charge in [-0.3, -0.25) is 4.79 Å². The minimum absolute atomic E-state index is 0.00167. The molecule has 1 aromatic rings. The number of carboxylic acid groups (broad SMARTS) is 1. The largest absolute Gasteiger partial charge is 0.478 e. The van der Waals surface area contributed by atoms with Crippen molar-refractivity contribution in [3.63, 3.8) is 0 Å². The van der Waals surface area contributed by atoms with E-state index in [0.29, 0.717) is 5.56 Å². The molecule has 0 spiro atoms. The molecule has 6 nitrogen and oxygen atoms in total. The lowest BCUT2D eigenvalue weighted by Gasteiger charge is -2.05. The van der Waals surface area contributed by atoms with Crippen molar-refractivity contribution >= 4 is 23.9 Å². The first-order valence-electron chi connectivity index (χ1n) is 5.93. The van der Waals surface area contributed by atoms with Crippen molar-refractivity contribution in [2.75, 3.05) is 13.7 Å². The highest BCUT2D eigenvalue weighted by molar-refractivity contribution is 5.99. The van der Waals surface area contributed by atoms with Crippen molar-refractivity contribution in [1.29, 1.82) is 0 Å². The van der Waals surface area contributed by atoms with Gasteiger partial charge in [0.1, 0.15) is 0 Å². The Balaban J connectivity index is 3.15. The van der Waals surface area contributed by atoms with Gasteiger partial charge in [0.2, 0.25) is 0 Å². The van der Waals surface area contributed by atoms with Gasteiger partial charge in [-0.1, -0.05) is 0 Å². The molecule has 0 bridgehead atoms. The Morgan fingerprint density at radius 2 is 2.05 bits per heavy atom. The zero-order valence-corrected chi connectivity index (χ0v) is 11.2. The fourth-order valence-corrected chi connectivity index (χ4v) is 1.53. The maximum Gasteiger partial charge on any atom is 0.336 e. The zero-order chi connectivity index (χ0) is 15.1. The Morgan fingerprint density at radius 3 is 2.60 bits per heavy atom. The van der Waals surface area contributed by atoms with Crippen molar-refractivity contribution in [2.24, 2.45) is 0 Å². The highest BCUT2D eigenvalue weighted by atomic mass is 16.5. The van der Waals surface area contributed by atoms with Crippen LogP contribution in [0.4, 0.5) is 0 Å². The highest BCUT2D eigenvalue weighted by Crippen LogP contribution is 2.14. The summed E-state index contributed by atoms with van der Waals surface area (Å²) in [6, 6.07) is 4.12. The molecule has 0 radical (unpaired) electrons. The van der Waals surface area contributed by atoms with Crippen molar-refractivity contribution < 1.29 is 24.2 Å². The van der Waals surface area contributed by atoms with E-state index in [1.807, 2.05) is 0 Å². The third kappa shape index (κ3) is 3.94. The number of aromatic carboxylic acids is 1. The van der Waals surface area contributed by atoms with Crippen LogP contribution in [-0.4, -0.2) is 36.6 Å². The maximum absolute atomic E-state index is 11.5. The molecule has 0 atom stereocenters. The van der Waals surface area contributed by atoms with Crippen LogP contribution in [0, 0.1) is 0 Å². The molecule has 0 saturated carbocycles. The average molecular weight is 277 g/mol. The van der Waals surface area contributed by atoms with E-state index in [4.69, 9.17) is 9.84 Å². The third-order valence-electron chi connectivity index (χ3n) is 2.46. The first-order valence-corrected chi connectivity index (χ1v) is 5.93. The lowest BCUT2D eigenvalue weighted by molar-refractivity contribution is -0.137. The summed E-state index contributed by atoms with van der Waals surface area (Å²) in [5, 5.41) is 11.5. The summed E-state index contributed by atoms with van der Waals surface area (Å²) in [7, 11) is 1.47. The van der Waals surface area contributed by atoms with Gasteiger partial charge < -0.3 is 15.2 Å². The molecule has 0 unspecified atom stereocenters. The summed E-state index contributed by atoms with van der Waals surface area (Å²) in [5.41, 5.74) is 0.561. The quantitative estimate of drug-likeness (QED) is 0.625. The van der Waals surface area contributed by atoms with Crippen LogP contribution in [-0.2, 0) is 9.53 Å². The summed E-state index contributed by atoms with van der Waals surface area (Å²) in [5.74, 6) is -2.06. The van der Waals surface area contributed by atoms with E-state index in [1.54, 1.807) is 6.92 Å². The first kappa shape index (κ1) is 15.4. The number of ether oxygens (including phenoxy) is 1. The Morgan fingerprint density at radius 1 is 1.35 bits per heavy atom. The van der Waals surface area contributed by atoms with Gasteiger partial charge in [0, 0.05) is 18.7 Å². The van der Waals surface area contributed by atoms with E-state index in [0.717, 1.165) is 6.08 Å². The molecule has 1 amide bonds. The summed E-state index contributed by atoms with van der Waals surface area (Å²) >= 11 is 0. The van der Waals surface area contributed by atoms with Crippen LogP contribution in [0.15, 0.2) is 24.3 Å². The summed E-state index contributed by atoms with van der Waals surface area (Å²) < 4.78 is 4.71. The molecular formula is C14H15NO5. The van der Waals surface area contributed by atoms with Gasteiger partial charge in [-0.2, -0.15) is 0 Å². The van der Waals surface area contributed by atoms with Crippen LogP contribution in [0.1, 0.15) is 33.2 Å². The SMILES string of the molecule is CCOC(=O)/C=C/c1cc(C(=O)NC)ccc1C(=O)O. The molecule has 6 heteroatoms. The number of benzene rings is 1. The average Bonchev–Trinajstić information content (AvgIpc) is 2.44. The van der Waals surface area contributed by atoms with E-state index in [9.17, 15) is 14.4 Å². The Labute approximate surface area is 116 Å². The molecule has 2 N–H and O–H groups in total. The normalized spacial score (nSPS) is 10.3. The topological polar surface area (TPSA) is 92.7 Å². The zero-order valence-electron chi connectivity index (χ0n) is 11.2. The molecule has 0 fully saturated rings. The molecule has 1 aromatic carbocycles. The van der Waals surface area contributed by atoms with Crippen molar-refractivity contribution in [3.8, 4) is 0 Å². The molecule has 0 saturated heterocycles. The van der Waals surface area contributed by atoms with Gasteiger partial charge in [0.15, 0.2) is 0 Å². The molecule has 106 valence electrons. The first-order chi connectivity index (χ1) is 9.49. The second-order valence-corrected chi connectivity index (χ2v) is 3.77. The van der Waals surface area contributed by atoms with Crippen LogP contribution < -0.4 is 5.32 Å². The van der Waals surface area contributed by atoms with Gasteiger partial charge in [-0.25, -0.2) is 9.59 Å². The van der Waals surface area contributed by atoms with Crippen molar-refractivity contribution in [2.45, 2.75) is 6.92 Å². The van der Waals surface area contributed by atoms with Crippen molar-refractivity contribution in [3.05, 3.63) is 41.0 Å². The monoisotopic (exact) mass is 277 g/mol. The van der Waals surface area contributed by atoms with Crippen LogP contribution in [0.2, 0.25) is 0 Å². The molecule has 0 aromatic heterocycles. The molecule has 0 aliphatic carbocycles. The van der Waals surface area contributed by atoms with Crippen LogP contribution in [0.3, 0.4) is 0 Å². The number of hydrogen-bond acceptors (Lipinski definition) is 4. The standard InChI is InChI=1S/C14H15NO5/c1-3-20-12(16)7-5-9-8-10(13(17)15-2)4-6-11(9)14(18)19/h4-8H,3H2,1-2H3,(H,15,17)(H,18,19)/b7-5+. The number of esters is 1. The Kier molecular flexibility index (Phi) is 5.46. The van der Waals surface area contributed by atoms with E-state index < -0.39 is 11.9 Å². The highest BCUT2D eigenvalue weighted by Gasteiger charge is 2.12. The fraction of sp³-hybridized carbons (Fsp3) is 0.214. The molecular weight excluding hydrogens is 262 g/mol. The number of carbonyl (C=O) groups is 3. The van der Waals surface area contributed by atoms with Gasteiger partial charge in [-0.05, 0) is 36.8 Å². The van der Waals surface area contributed by atoms with E-state index in [2.05, 4.69) is 5.32 Å². The lowest BCUT2D eigenvalue weighted by Crippen LogP contribution is -2.18. The van der Waals surface area contributed by atoms with Crippen LogP contribution >= 0.6 is 0 Å². The number of hydrogen-bond donors (Lipinski definition) is 2. The van der Waals surface area contributed by atoms with Gasteiger partial charge >= 0.3 is 11.9 Å². The third-order valence-corrected chi connectivity index (χ3v) is 2.46. The van der Waals surface area contributed by atoms with Gasteiger partial charge in [-0.15, -0.1) is 0 Å². The Hall–Kier alpha value is -2.63. The number of rotatable bonds is 5. The van der Waals surface area contributed by atoms with Crippen LogP contribution in [0.25, 0.3) is 6.08 Å². The summed E-state index contributed by atoms with van der Waals surface area (Å²) in [4.78, 5) is 33.8. The number of amides is 1. The van der Waals surface area contributed by atoms with Crippen molar-refractivity contribution in [1.82, 2.24) is 5.32 Å². The summed E-state index contributed by atoms with van der Waals surface area (Å²) in [6.45, 7) is 1.90. The number of carboxylic acids is 1. The van der Waals surface area contributed by atoms with E-state index >= 15 is 0 Å². The van der Waals surface area contributed by atoms with Crippen LogP contribution in [0.5, 0.6) is 0 Å². The molecule has 0 aliphatic rings. The fourth-order valence-electron chi connectivity index (χ4n) is 1.53. The predicted molar refractivity (Wildman–Crippen MR) is 72.5 cm³/mol. The molecule has 1 rings (SSSR count). The van der Waals surface area contributed by atoms with E-state index in [1.165, 1.54) is 31.3 Å². The number of nitrogens with one attached hydrogen (secondary N) is 1. The number of carbonyl (C=O) groups excluding carboxylic acids is 2. The second-order valence-electron chi connectivity index (χ2n) is 3.77. The molecule has 20 heavy (non-hydrogen) atoms. The predicted octanol–water partition coefficient (Wildman–Crippen LogP) is 1.32. The minimum atomic E-state index is -1.14. The Bertz CT molecular complexity index is 563. The van der Waals surface area contributed by atoms with Gasteiger partial charge in [0.25, 0.3) is 5.91 Å². The molecule has 0 heterocycles. The summed E-state index contributed by atoms with van der Waals surface area (Å²) in [6.07, 6.45) is 2.44. The van der Waals surface area contributed by atoms with Gasteiger partial charge in [0.05, 0.1) is 12.2 Å². The smallest absolute Gasteiger partial charge is 0.336 e. The lowest BCUT2D eigenvalue weighted by atomic mass is 10.0.